The van der Waals surface area contributed by atoms with E-state index in [9.17, 15) is 4.79 Å². The van der Waals surface area contributed by atoms with Gasteiger partial charge < -0.3 is 9.47 Å². The van der Waals surface area contributed by atoms with Crippen molar-refractivity contribution >= 4 is 5.91 Å². The van der Waals surface area contributed by atoms with E-state index in [2.05, 4.69) is 11.4 Å². The number of benzene rings is 1. The van der Waals surface area contributed by atoms with Crippen LogP contribution in [0.1, 0.15) is 21.6 Å². The Morgan fingerprint density at radius 1 is 1.24 bits per heavy atom. The lowest BCUT2D eigenvalue weighted by Crippen LogP contribution is -2.57. The highest BCUT2D eigenvalue weighted by atomic mass is 16.2. The number of carbonyl (C=O) groups is 1. The quantitative estimate of drug-likeness (QED) is 0.854. The molecule has 1 atom stereocenters. The molecule has 1 saturated heterocycles. The van der Waals surface area contributed by atoms with Gasteiger partial charge in [-0.1, -0.05) is 12.1 Å². The van der Waals surface area contributed by atoms with Crippen LogP contribution in [0.3, 0.4) is 0 Å². The van der Waals surface area contributed by atoms with Crippen molar-refractivity contribution in [2.75, 3.05) is 13.1 Å². The fraction of sp³-hybridized carbons (Fsp3) is 0.250. The molecule has 21 heavy (non-hydrogen) atoms. The molecule has 1 unspecified atom stereocenters. The first kappa shape index (κ1) is 12.2. The molecule has 1 aromatic heterocycles. The monoisotopic (exact) mass is 278 g/mol. The molecule has 104 valence electrons. The molecule has 2 aromatic rings. The Morgan fingerprint density at radius 3 is 2.81 bits per heavy atom. The van der Waals surface area contributed by atoms with Crippen molar-refractivity contribution < 1.29 is 4.79 Å². The Labute approximate surface area is 122 Å². The molecule has 0 radical (unpaired) electrons. The number of rotatable bonds is 1. The van der Waals surface area contributed by atoms with Gasteiger partial charge in [-0.25, -0.2) is 0 Å². The third-order valence-electron chi connectivity index (χ3n) is 4.40. The lowest BCUT2D eigenvalue weighted by Gasteiger charge is -2.43. The molecular formula is C16H14N4O. The highest BCUT2D eigenvalue weighted by molar-refractivity contribution is 5.94. The van der Waals surface area contributed by atoms with Crippen LogP contribution in [0.5, 0.6) is 0 Å². The fourth-order valence-corrected chi connectivity index (χ4v) is 3.38. The second-order valence-electron chi connectivity index (χ2n) is 5.45. The number of nitrogens with one attached hydrogen (secondary N) is 1. The molecule has 0 aliphatic carbocycles. The van der Waals surface area contributed by atoms with Crippen LogP contribution in [0.2, 0.25) is 0 Å². The van der Waals surface area contributed by atoms with E-state index in [0.29, 0.717) is 18.7 Å². The molecule has 5 nitrogen and oxygen atoms in total. The van der Waals surface area contributed by atoms with E-state index in [0.717, 1.165) is 17.8 Å². The molecule has 0 saturated carbocycles. The van der Waals surface area contributed by atoms with Crippen LogP contribution in [0.4, 0.5) is 0 Å². The van der Waals surface area contributed by atoms with E-state index < -0.39 is 5.66 Å². The Morgan fingerprint density at radius 2 is 2.05 bits per heavy atom. The lowest BCUT2D eigenvalue weighted by atomic mass is 9.95. The van der Waals surface area contributed by atoms with E-state index in [1.807, 2.05) is 39.9 Å². The summed E-state index contributed by atoms with van der Waals surface area (Å²) in [7, 11) is 0. The van der Waals surface area contributed by atoms with Gasteiger partial charge in [-0.05, 0) is 29.8 Å². The van der Waals surface area contributed by atoms with E-state index in [-0.39, 0.29) is 5.91 Å². The standard InChI is InChI=1S/C16H14N4O/c17-10-12-3-5-13(6-4-12)16-11-19-8-1-2-14(19)15(21)20(16)9-7-18-16/h1-6,8,18H,7,9,11H2. The number of carbonyl (C=O) groups excluding carboxylic acids is 1. The highest BCUT2D eigenvalue weighted by Crippen LogP contribution is 2.36. The van der Waals surface area contributed by atoms with Gasteiger partial charge in [-0.3, -0.25) is 10.1 Å². The van der Waals surface area contributed by atoms with Crippen molar-refractivity contribution in [1.29, 1.82) is 5.26 Å². The van der Waals surface area contributed by atoms with Crippen molar-refractivity contribution in [3.05, 3.63) is 59.4 Å². The van der Waals surface area contributed by atoms with Crippen molar-refractivity contribution in [2.45, 2.75) is 12.2 Å². The molecule has 1 aromatic carbocycles. The van der Waals surface area contributed by atoms with Gasteiger partial charge >= 0.3 is 0 Å². The summed E-state index contributed by atoms with van der Waals surface area (Å²) in [5.41, 5.74) is 1.88. The van der Waals surface area contributed by atoms with Crippen molar-refractivity contribution in [2.24, 2.45) is 0 Å². The lowest BCUT2D eigenvalue weighted by molar-refractivity contribution is 0.0398. The molecule has 2 aliphatic heterocycles. The van der Waals surface area contributed by atoms with Crippen LogP contribution in [0, 0.1) is 11.3 Å². The van der Waals surface area contributed by atoms with Gasteiger partial charge in [0, 0.05) is 19.3 Å². The zero-order chi connectivity index (χ0) is 14.4. The Kier molecular flexibility index (Phi) is 2.44. The summed E-state index contributed by atoms with van der Waals surface area (Å²) in [6.45, 7) is 2.16. The van der Waals surface area contributed by atoms with Gasteiger partial charge in [0.25, 0.3) is 5.91 Å². The number of hydrogen-bond acceptors (Lipinski definition) is 3. The molecule has 0 spiro atoms. The predicted molar refractivity (Wildman–Crippen MR) is 76.3 cm³/mol. The minimum absolute atomic E-state index is 0.0561. The Balaban J connectivity index is 1.85. The van der Waals surface area contributed by atoms with Crippen LogP contribution in [-0.2, 0) is 12.2 Å². The maximum atomic E-state index is 12.7. The number of amides is 1. The number of hydrogen-bond donors (Lipinski definition) is 1. The van der Waals surface area contributed by atoms with Gasteiger partial charge in [0.2, 0.25) is 0 Å². The molecule has 0 bridgehead atoms. The zero-order valence-electron chi connectivity index (χ0n) is 11.4. The number of aromatic nitrogens is 1. The third-order valence-corrected chi connectivity index (χ3v) is 4.40. The largest absolute Gasteiger partial charge is 0.339 e. The fourth-order valence-electron chi connectivity index (χ4n) is 3.38. The summed E-state index contributed by atoms with van der Waals surface area (Å²) < 4.78 is 2.00. The predicted octanol–water partition coefficient (Wildman–Crippen LogP) is 1.27. The second kappa shape index (κ2) is 4.21. The average Bonchev–Trinajstić information content (AvgIpc) is 3.15. The van der Waals surface area contributed by atoms with E-state index in [1.165, 1.54) is 0 Å². The first-order valence-electron chi connectivity index (χ1n) is 6.97. The molecule has 1 amide bonds. The topological polar surface area (TPSA) is 61.1 Å². The second-order valence-corrected chi connectivity index (χ2v) is 5.45. The van der Waals surface area contributed by atoms with Gasteiger partial charge in [-0.2, -0.15) is 5.26 Å². The Bertz CT molecular complexity index is 755. The van der Waals surface area contributed by atoms with Crippen LogP contribution >= 0.6 is 0 Å². The first-order chi connectivity index (χ1) is 10.2. The maximum Gasteiger partial charge on any atom is 0.272 e. The molecule has 3 heterocycles. The highest BCUT2D eigenvalue weighted by Gasteiger charge is 2.49. The van der Waals surface area contributed by atoms with Crippen LogP contribution in [-0.4, -0.2) is 28.5 Å². The smallest absolute Gasteiger partial charge is 0.272 e. The number of fused-ring (bicyclic) bond motifs is 2. The average molecular weight is 278 g/mol. The maximum absolute atomic E-state index is 12.7. The third kappa shape index (κ3) is 1.57. The number of nitrogens with zero attached hydrogens (tertiary/aromatic N) is 3. The first-order valence-corrected chi connectivity index (χ1v) is 6.97. The molecule has 1 N–H and O–H groups in total. The van der Waals surface area contributed by atoms with Gasteiger partial charge in [0.05, 0.1) is 18.2 Å². The van der Waals surface area contributed by atoms with E-state index in [1.54, 1.807) is 12.1 Å². The summed E-state index contributed by atoms with van der Waals surface area (Å²) in [4.78, 5) is 14.6. The van der Waals surface area contributed by atoms with Crippen molar-refractivity contribution in [3.63, 3.8) is 0 Å². The molecule has 5 heteroatoms. The van der Waals surface area contributed by atoms with Crippen molar-refractivity contribution in [3.8, 4) is 6.07 Å². The van der Waals surface area contributed by atoms with Crippen LogP contribution < -0.4 is 5.32 Å². The summed E-state index contributed by atoms with van der Waals surface area (Å²) in [5, 5.41) is 12.4. The van der Waals surface area contributed by atoms with Crippen molar-refractivity contribution in [1.82, 2.24) is 14.8 Å². The minimum Gasteiger partial charge on any atom is -0.339 e. The summed E-state index contributed by atoms with van der Waals surface area (Å²) >= 11 is 0. The summed E-state index contributed by atoms with van der Waals surface area (Å²) in [5.74, 6) is 0.0561. The zero-order valence-corrected chi connectivity index (χ0v) is 11.4. The van der Waals surface area contributed by atoms with Gasteiger partial charge in [-0.15, -0.1) is 0 Å². The summed E-state index contributed by atoms with van der Waals surface area (Å²) in [6.07, 6.45) is 1.94. The SMILES string of the molecule is N#Cc1ccc(C23Cn4cccc4C(=O)N2CCN3)cc1. The van der Waals surface area contributed by atoms with Gasteiger partial charge in [0.1, 0.15) is 11.4 Å². The van der Waals surface area contributed by atoms with Gasteiger partial charge in [0.15, 0.2) is 0 Å². The molecule has 4 rings (SSSR count). The minimum atomic E-state index is -0.503. The summed E-state index contributed by atoms with van der Waals surface area (Å²) in [6, 6.07) is 13.4. The molecule has 1 fully saturated rings. The van der Waals surface area contributed by atoms with Crippen LogP contribution in [0.25, 0.3) is 0 Å². The molecule has 2 aliphatic rings. The number of nitriles is 1. The molecular weight excluding hydrogens is 264 g/mol. The van der Waals surface area contributed by atoms with E-state index >= 15 is 0 Å². The Hall–Kier alpha value is -2.58. The van der Waals surface area contributed by atoms with Crippen LogP contribution in [0.15, 0.2) is 42.6 Å². The van der Waals surface area contributed by atoms with E-state index in [4.69, 9.17) is 5.26 Å². The normalized spacial score (nSPS) is 23.6.